The summed E-state index contributed by atoms with van der Waals surface area (Å²) in [5.41, 5.74) is -0.446. The first-order chi connectivity index (χ1) is 9.32. The largest absolute Gasteiger partial charge is 0.330 e. The minimum absolute atomic E-state index is 0.146. The second-order valence-electron chi connectivity index (χ2n) is 5.22. The van der Waals surface area contributed by atoms with Gasteiger partial charge in [0, 0.05) is 6.54 Å². The quantitative estimate of drug-likeness (QED) is 0.851. The van der Waals surface area contributed by atoms with Crippen molar-refractivity contribution >= 4 is 17.8 Å². The number of amides is 4. The van der Waals surface area contributed by atoms with Crippen molar-refractivity contribution in [3.8, 4) is 0 Å². The third-order valence-corrected chi connectivity index (χ3v) is 3.35. The lowest BCUT2D eigenvalue weighted by molar-refractivity contribution is -0.148. The van der Waals surface area contributed by atoms with E-state index in [2.05, 4.69) is 5.32 Å². The summed E-state index contributed by atoms with van der Waals surface area (Å²) in [5, 5.41) is 2.16. The average Bonchev–Trinajstić information content (AvgIpc) is 2.39. The van der Waals surface area contributed by atoms with E-state index < -0.39 is 23.3 Å². The summed E-state index contributed by atoms with van der Waals surface area (Å²) >= 11 is 0. The smallest absolute Gasteiger partial charge is 0.277 e. The zero-order chi connectivity index (χ0) is 14.9. The van der Waals surface area contributed by atoms with E-state index >= 15 is 0 Å². The summed E-state index contributed by atoms with van der Waals surface area (Å²) in [6.07, 6.45) is 0.406. The van der Waals surface area contributed by atoms with Crippen LogP contribution in [0.25, 0.3) is 0 Å². The van der Waals surface area contributed by atoms with E-state index in [-0.39, 0.29) is 12.4 Å². The Morgan fingerprint density at radius 3 is 2.35 bits per heavy atom. The van der Waals surface area contributed by atoms with Crippen LogP contribution < -0.4 is 5.32 Å². The fraction of sp³-hybridized carbons (Fsp3) is 0.357. The SMILES string of the molecule is CC1(C)C(=O)NC(=O)N(CCc2ccc(F)cc2)C1=O. The van der Waals surface area contributed by atoms with Gasteiger partial charge < -0.3 is 0 Å². The number of hydrogen-bond donors (Lipinski definition) is 1. The van der Waals surface area contributed by atoms with Crippen molar-refractivity contribution in [2.24, 2.45) is 5.41 Å². The van der Waals surface area contributed by atoms with Gasteiger partial charge in [0.2, 0.25) is 11.8 Å². The first-order valence-corrected chi connectivity index (χ1v) is 6.24. The van der Waals surface area contributed by atoms with Crippen LogP contribution in [-0.4, -0.2) is 29.3 Å². The Morgan fingerprint density at radius 1 is 1.15 bits per heavy atom. The van der Waals surface area contributed by atoms with Crippen molar-refractivity contribution in [3.63, 3.8) is 0 Å². The predicted molar refractivity (Wildman–Crippen MR) is 69.1 cm³/mol. The van der Waals surface area contributed by atoms with Crippen LogP contribution >= 0.6 is 0 Å². The average molecular weight is 278 g/mol. The van der Waals surface area contributed by atoms with Crippen LogP contribution in [0.5, 0.6) is 0 Å². The molecule has 106 valence electrons. The van der Waals surface area contributed by atoms with Gasteiger partial charge in [0.1, 0.15) is 11.2 Å². The lowest BCUT2D eigenvalue weighted by Crippen LogP contribution is -2.62. The summed E-state index contributed by atoms with van der Waals surface area (Å²) in [6.45, 7) is 3.09. The maximum Gasteiger partial charge on any atom is 0.330 e. The van der Waals surface area contributed by atoms with Crippen molar-refractivity contribution < 1.29 is 18.8 Å². The molecule has 0 saturated carbocycles. The zero-order valence-corrected chi connectivity index (χ0v) is 11.3. The molecule has 4 amide bonds. The highest BCUT2D eigenvalue weighted by molar-refractivity contribution is 6.18. The van der Waals surface area contributed by atoms with Gasteiger partial charge in [0.25, 0.3) is 0 Å². The summed E-state index contributed by atoms with van der Waals surface area (Å²) in [6, 6.07) is 5.12. The van der Waals surface area contributed by atoms with Gasteiger partial charge in [-0.05, 0) is 38.0 Å². The Bertz CT molecular complexity index is 566. The lowest BCUT2D eigenvalue weighted by atomic mass is 9.88. The highest BCUT2D eigenvalue weighted by atomic mass is 19.1. The number of halogens is 1. The van der Waals surface area contributed by atoms with Gasteiger partial charge in [-0.1, -0.05) is 12.1 Å². The van der Waals surface area contributed by atoms with E-state index in [0.717, 1.165) is 10.5 Å². The number of imide groups is 2. The van der Waals surface area contributed by atoms with Crippen LogP contribution in [0.15, 0.2) is 24.3 Å². The molecule has 1 aliphatic rings. The Balaban J connectivity index is 2.08. The van der Waals surface area contributed by atoms with E-state index in [0.29, 0.717) is 6.42 Å². The third kappa shape index (κ3) is 2.54. The predicted octanol–water partition coefficient (Wildman–Crippen LogP) is 1.47. The fourth-order valence-corrected chi connectivity index (χ4v) is 1.94. The molecule has 2 rings (SSSR count). The van der Waals surface area contributed by atoms with Gasteiger partial charge in [0.15, 0.2) is 0 Å². The van der Waals surface area contributed by atoms with Gasteiger partial charge in [-0.25, -0.2) is 9.18 Å². The van der Waals surface area contributed by atoms with E-state index in [1.165, 1.54) is 26.0 Å². The van der Waals surface area contributed by atoms with Crippen molar-refractivity contribution in [3.05, 3.63) is 35.6 Å². The summed E-state index contributed by atoms with van der Waals surface area (Å²) < 4.78 is 12.8. The normalized spacial score (nSPS) is 18.1. The second-order valence-corrected chi connectivity index (χ2v) is 5.22. The molecule has 1 aromatic carbocycles. The minimum Gasteiger partial charge on any atom is -0.277 e. The van der Waals surface area contributed by atoms with Gasteiger partial charge in [-0.3, -0.25) is 19.8 Å². The number of benzene rings is 1. The molecule has 1 N–H and O–H groups in total. The standard InChI is InChI=1S/C14H15FN2O3/c1-14(2)11(18)16-13(20)17(12(14)19)8-7-9-3-5-10(15)6-4-9/h3-6H,7-8H2,1-2H3,(H,16,18,20). The highest BCUT2D eigenvalue weighted by Gasteiger charge is 2.46. The molecule has 1 aliphatic heterocycles. The van der Waals surface area contributed by atoms with Crippen molar-refractivity contribution in [1.82, 2.24) is 10.2 Å². The molecule has 0 unspecified atom stereocenters. The van der Waals surface area contributed by atoms with Crippen LogP contribution in [0.2, 0.25) is 0 Å². The van der Waals surface area contributed by atoms with Crippen molar-refractivity contribution in [1.29, 1.82) is 0 Å². The monoisotopic (exact) mass is 278 g/mol. The number of barbiturate groups is 1. The number of hydrogen-bond acceptors (Lipinski definition) is 3. The van der Waals surface area contributed by atoms with Crippen LogP contribution in [0.3, 0.4) is 0 Å². The first-order valence-electron chi connectivity index (χ1n) is 6.24. The summed E-state index contributed by atoms with van der Waals surface area (Å²) in [4.78, 5) is 36.4. The van der Waals surface area contributed by atoms with E-state index in [9.17, 15) is 18.8 Å². The number of urea groups is 1. The lowest BCUT2D eigenvalue weighted by Gasteiger charge is -2.34. The maximum absolute atomic E-state index is 12.8. The molecule has 6 heteroatoms. The third-order valence-electron chi connectivity index (χ3n) is 3.35. The van der Waals surface area contributed by atoms with Crippen LogP contribution in [-0.2, 0) is 16.0 Å². The zero-order valence-electron chi connectivity index (χ0n) is 11.3. The first kappa shape index (κ1) is 14.2. The van der Waals surface area contributed by atoms with Gasteiger partial charge >= 0.3 is 6.03 Å². The molecular formula is C14H15FN2O3. The van der Waals surface area contributed by atoms with E-state index in [1.54, 1.807) is 12.1 Å². The van der Waals surface area contributed by atoms with Crippen molar-refractivity contribution in [2.75, 3.05) is 6.54 Å². The van der Waals surface area contributed by atoms with E-state index in [4.69, 9.17) is 0 Å². The molecule has 1 saturated heterocycles. The maximum atomic E-state index is 12.8. The highest BCUT2D eigenvalue weighted by Crippen LogP contribution is 2.23. The number of nitrogens with one attached hydrogen (secondary N) is 1. The molecule has 0 spiro atoms. The molecule has 0 aliphatic carbocycles. The molecule has 1 aromatic rings. The molecule has 0 bridgehead atoms. The Kier molecular flexibility index (Phi) is 3.57. The summed E-state index contributed by atoms with van der Waals surface area (Å²) in [7, 11) is 0. The summed E-state index contributed by atoms with van der Waals surface area (Å²) in [5.74, 6) is -1.45. The molecular weight excluding hydrogens is 263 g/mol. The number of carbonyl (C=O) groups is 3. The molecule has 0 radical (unpaired) electrons. The number of rotatable bonds is 3. The fourth-order valence-electron chi connectivity index (χ4n) is 1.94. The van der Waals surface area contributed by atoms with E-state index in [1.807, 2.05) is 0 Å². The molecule has 20 heavy (non-hydrogen) atoms. The molecule has 5 nitrogen and oxygen atoms in total. The number of nitrogens with zero attached hydrogens (tertiary/aromatic N) is 1. The minimum atomic E-state index is -1.25. The Labute approximate surface area is 115 Å². The molecule has 0 aromatic heterocycles. The van der Waals surface area contributed by atoms with Crippen LogP contribution in [0.4, 0.5) is 9.18 Å². The Morgan fingerprint density at radius 2 is 1.75 bits per heavy atom. The van der Waals surface area contributed by atoms with Crippen LogP contribution in [0, 0.1) is 11.2 Å². The van der Waals surface area contributed by atoms with Gasteiger partial charge in [-0.15, -0.1) is 0 Å². The molecule has 1 heterocycles. The Hall–Kier alpha value is -2.24. The molecule has 1 fully saturated rings. The van der Waals surface area contributed by atoms with Gasteiger partial charge in [0.05, 0.1) is 0 Å². The van der Waals surface area contributed by atoms with Gasteiger partial charge in [-0.2, -0.15) is 0 Å². The number of carbonyl (C=O) groups excluding carboxylic acids is 3. The topological polar surface area (TPSA) is 66.5 Å². The van der Waals surface area contributed by atoms with Crippen LogP contribution in [0.1, 0.15) is 19.4 Å². The second kappa shape index (κ2) is 5.03. The molecule has 0 atom stereocenters. The van der Waals surface area contributed by atoms with Crippen molar-refractivity contribution in [2.45, 2.75) is 20.3 Å².